The average molecular weight is 411 g/mol. The van der Waals surface area contributed by atoms with Crippen LogP contribution in [0.4, 0.5) is 0 Å². The molecule has 0 amide bonds. The molecule has 0 N–H and O–H groups in total. The third kappa shape index (κ3) is 4.51. The van der Waals surface area contributed by atoms with Gasteiger partial charge in [0.1, 0.15) is 6.11 Å². The molecule has 0 bridgehead atoms. The fourth-order valence-electron chi connectivity index (χ4n) is 7.74. The summed E-state index contributed by atoms with van der Waals surface area (Å²) in [4.78, 5) is 12.0. The van der Waals surface area contributed by atoms with E-state index in [1.54, 1.807) is 0 Å². The second-order valence-electron chi connectivity index (χ2n) is 10.9. The summed E-state index contributed by atoms with van der Waals surface area (Å²) in [5.74, 6) is 8.28. The minimum absolute atomic E-state index is 0.133. The maximum absolute atomic E-state index is 12.0. The van der Waals surface area contributed by atoms with Gasteiger partial charge in [0.2, 0.25) is 0 Å². The van der Waals surface area contributed by atoms with Crippen molar-refractivity contribution >= 4 is 5.97 Å². The Morgan fingerprint density at radius 3 is 2.67 bits per heavy atom. The van der Waals surface area contributed by atoms with E-state index in [4.69, 9.17) is 4.74 Å². The molecule has 7 atom stereocenters. The third-order valence-corrected chi connectivity index (χ3v) is 9.42. The van der Waals surface area contributed by atoms with E-state index >= 15 is 0 Å². The van der Waals surface area contributed by atoms with Crippen molar-refractivity contribution < 1.29 is 9.53 Å². The molecule has 3 fully saturated rings. The minimum atomic E-state index is -0.133. The first kappa shape index (κ1) is 22.0. The third-order valence-electron chi connectivity index (χ3n) is 9.42. The van der Waals surface area contributed by atoms with Gasteiger partial charge in [-0.2, -0.15) is 0 Å². The number of carbonyl (C=O) groups is 1. The van der Waals surface area contributed by atoms with Crippen LogP contribution in [0.15, 0.2) is 12.2 Å². The monoisotopic (exact) mass is 410 g/mol. The molecular formula is C28H42O2. The molecule has 2 heteroatoms. The fourth-order valence-corrected chi connectivity index (χ4v) is 7.74. The quantitative estimate of drug-likeness (QED) is 0.199. The first-order valence-electron chi connectivity index (χ1n) is 13.0. The summed E-state index contributed by atoms with van der Waals surface area (Å²) in [5, 5.41) is 0. The predicted octanol–water partition coefficient (Wildman–Crippen LogP) is 7.29. The summed E-state index contributed by atoms with van der Waals surface area (Å²) in [6.45, 7) is 4.71. The number of ether oxygens (including phenoxy) is 1. The number of hydrogen-bond acceptors (Lipinski definition) is 2. The maximum atomic E-state index is 12.0. The van der Waals surface area contributed by atoms with Gasteiger partial charge in [-0.1, -0.05) is 57.6 Å². The first-order valence-corrected chi connectivity index (χ1v) is 13.0. The molecule has 0 aromatic rings. The van der Waals surface area contributed by atoms with Crippen LogP contribution in [0.1, 0.15) is 104 Å². The Labute approximate surface area is 184 Å². The largest absolute Gasteiger partial charge is 0.372 e. The van der Waals surface area contributed by atoms with Gasteiger partial charge >= 0.3 is 5.97 Å². The standard InChI is InChI=1S/C28H42O2/c1-3-4-5-6-7-12-27(29)30-20-18-22-14-16-26-25-15-13-21-10-8-9-11-23(21)24(25)17-19-28(22,26)2/h8-9,21-26H,3-7,10-17,19H2,1-2H3/t21?,22-,23-,24+,25+,26-,28+/m0/s1. The van der Waals surface area contributed by atoms with Crippen LogP contribution < -0.4 is 0 Å². The zero-order chi connectivity index (χ0) is 21.0. The van der Waals surface area contributed by atoms with Crippen LogP contribution in [0.5, 0.6) is 0 Å². The predicted molar refractivity (Wildman–Crippen MR) is 122 cm³/mol. The van der Waals surface area contributed by atoms with Gasteiger partial charge < -0.3 is 4.74 Å². The normalized spacial score (nSPS) is 39.3. The van der Waals surface area contributed by atoms with Gasteiger partial charge in [-0.15, -0.1) is 0 Å². The average Bonchev–Trinajstić information content (AvgIpc) is 3.10. The topological polar surface area (TPSA) is 26.3 Å². The molecule has 0 aromatic heterocycles. The summed E-state index contributed by atoms with van der Waals surface area (Å²) < 4.78 is 5.30. The number of carbonyl (C=O) groups excluding carboxylic acids is 1. The van der Waals surface area contributed by atoms with E-state index in [1.807, 2.05) is 0 Å². The van der Waals surface area contributed by atoms with Crippen molar-refractivity contribution in [1.82, 2.24) is 0 Å². The second-order valence-corrected chi connectivity index (χ2v) is 10.9. The lowest BCUT2D eigenvalue weighted by atomic mass is 9.50. The highest BCUT2D eigenvalue weighted by Crippen LogP contribution is 2.63. The van der Waals surface area contributed by atoms with Gasteiger partial charge in [0.15, 0.2) is 0 Å². The Morgan fingerprint density at radius 2 is 1.80 bits per heavy atom. The minimum Gasteiger partial charge on any atom is -0.372 e. The number of fused-ring (bicyclic) bond motifs is 5. The van der Waals surface area contributed by atoms with Crippen molar-refractivity contribution in [2.24, 2.45) is 40.9 Å². The molecule has 4 aliphatic carbocycles. The van der Waals surface area contributed by atoms with Crippen LogP contribution in [0.25, 0.3) is 0 Å². The zero-order valence-electron chi connectivity index (χ0n) is 19.3. The Kier molecular flexibility index (Phi) is 7.28. The van der Waals surface area contributed by atoms with Gasteiger partial charge in [0, 0.05) is 12.3 Å². The van der Waals surface area contributed by atoms with Gasteiger partial charge in [-0.25, -0.2) is 0 Å². The number of unbranched alkanes of at least 4 members (excludes halogenated alkanes) is 4. The van der Waals surface area contributed by atoms with Crippen LogP contribution in [0.3, 0.4) is 0 Å². The van der Waals surface area contributed by atoms with E-state index in [2.05, 4.69) is 38.0 Å². The molecule has 3 saturated carbocycles. The Morgan fingerprint density at radius 1 is 0.967 bits per heavy atom. The Hall–Kier alpha value is -1.23. The lowest BCUT2D eigenvalue weighted by molar-refractivity contribution is -0.137. The Bertz CT molecular complexity index is 682. The van der Waals surface area contributed by atoms with E-state index in [1.165, 1.54) is 70.6 Å². The molecule has 4 rings (SSSR count). The van der Waals surface area contributed by atoms with Crippen LogP contribution in [0.2, 0.25) is 0 Å². The highest BCUT2D eigenvalue weighted by Gasteiger charge is 2.56. The maximum Gasteiger partial charge on any atom is 0.319 e. The summed E-state index contributed by atoms with van der Waals surface area (Å²) in [6, 6.07) is 0. The van der Waals surface area contributed by atoms with Gasteiger partial charge in [0.25, 0.3) is 0 Å². The Balaban J connectivity index is 1.30. The van der Waals surface area contributed by atoms with Crippen molar-refractivity contribution in [3.8, 4) is 12.0 Å². The van der Waals surface area contributed by atoms with Crippen molar-refractivity contribution in [3.05, 3.63) is 12.2 Å². The SMILES string of the molecule is CCCCCCCC(=O)OC#C[C@@H]1CC[C@H]2[C@@H]3CCC4CC=CC[C@@H]4[C@H]3CC[C@]12C. The summed E-state index contributed by atoms with van der Waals surface area (Å²) in [7, 11) is 0. The van der Waals surface area contributed by atoms with E-state index in [9.17, 15) is 4.79 Å². The number of allylic oxidation sites excluding steroid dienone is 2. The molecule has 0 heterocycles. The van der Waals surface area contributed by atoms with Gasteiger partial charge in [-0.3, -0.25) is 4.79 Å². The molecule has 0 spiro atoms. The summed E-state index contributed by atoms with van der Waals surface area (Å²) in [6.07, 6.45) is 24.8. The van der Waals surface area contributed by atoms with Gasteiger partial charge in [0.05, 0.1) is 0 Å². The second kappa shape index (κ2) is 9.93. The van der Waals surface area contributed by atoms with Crippen molar-refractivity contribution in [3.63, 3.8) is 0 Å². The number of hydrogen-bond donors (Lipinski definition) is 0. The molecular weight excluding hydrogens is 368 g/mol. The van der Waals surface area contributed by atoms with Crippen molar-refractivity contribution in [2.45, 2.75) is 104 Å². The van der Waals surface area contributed by atoms with Crippen molar-refractivity contribution in [2.75, 3.05) is 0 Å². The van der Waals surface area contributed by atoms with Crippen LogP contribution in [-0.2, 0) is 9.53 Å². The first-order chi connectivity index (χ1) is 14.6. The van der Waals surface area contributed by atoms with E-state index < -0.39 is 0 Å². The molecule has 0 aromatic carbocycles. The lowest BCUT2D eigenvalue weighted by Gasteiger charge is -2.54. The highest BCUT2D eigenvalue weighted by molar-refractivity contribution is 5.70. The molecule has 0 radical (unpaired) electrons. The van der Waals surface area contributed by atoms with Crippen molar-refractivity contribution in [1.29, 1.82) is 0 Å². The molecule has 166 valence electrons. The molecule has 4 aliphatic rings. The van der Waals surface area contributed by atoms with Gasteiger partial charge in [-0.05, 0) is 92.8 Å². The molecule has 2 nitrogen and oxygen atoms in total. The van der Waals surface area contributed by atoms with E-state index in [0.29, 0.717) is 17.8 Å². The van der Waals surface area contributed by atoms with Crippen LogP contribution >= 0.6 is 0 Å². The molecule has 1 unspecified atom stereocenters. The van der Waals surface area contributed by atoms with Crippen LogP contribution in [0, 0.1) is 52.9 Å². The summed E-state index contributed by atoms with van der Waals surface area (Å²) in [5.41, 5.74) is 0.331. The molecule has 30 heavy (non-hydrogen) atoms. The number of esters is 1. The lowest BCUT2D eigenvalue weighted by Crippen LogP contribution is -2.47. The zero-order valence-corrected chi connectivity index (χ0v) is 19.3. The fraction of sp³-hybridized carbons (Fsp3) is 0.821. The summed E-state index contributed by atoms with van der Waals surface area (Å²) >= 11 is 0. The highest BCUT2D eigenvalue weighted by atomic mass is 16.5. The van der Waals surface area contributed by atoms with E-state index in [-0.39, 0.29) is 5.97 Å². The number of rotatable bonds is 6. The molecule has 0 saturated heterocycles. The molecule has 0 aliphatic heterocycles. The van der Waals surface area contributed by atoms with Crippen LogP contribution in [-0.4, -0.2) is 5.97 Å². The smallest absolute Gasteiger partial charge is 0.319 e. The van der Waals surface area contributed by atoms with E-state index in [0.717, 1.165) is 42.4 Å².